The molecule has 0 radical (unpaired) electrons. The first-order valence-corrected chi connectivity index (χ1v) is 11.2. The predicted octanol–water partition coefficient (Wildman–Crippen LogP) is 7.94. The Bertz CT molecular complexity index is 819. The summed E-state index contributed by atoms with van der Waals surface area (Å²) in [5.41, 5.74) is 7.34. The minimum Gasteiger partial charge on any atom is -0.290 e. The lowest BCUT2D eigenvalue weighted by Gasteiger charge is -2.13. The average molecular weight is 409 g/mol. The van der Waals surface area contributed by atoms with Crippen molar-refractivity contribution in [2.45, 2.75) is 93.4 Å². The molecule has 0 aliphatic heterocycles. The lowest BCUT2D eigenvalue weighted by molar-refractivity contribution is -0.115. The lowest BCUT2D eigenvalue weighted by atomic mass is 9.89. The number of allylic oxidation sites excluding steroid dienone is 12. The van der Waals surface area contributed by atoms with E-state index in [0.717, 1.165) is 38.5 Å². The van der Waals surface area contributed by atoms with Gasteiger partial charge in [0.1, 0.15) is 0 Å². The molecule has 30 heavy (non-hydrogen) atoms. The quantitative estimate of drug-likeness (QED) is 0.257. The van der Waals surface area contributed by atoms with Gasteiger partial charge in [-0.15, -0.1) is 0 Å². The van der Waals surface area contributed by atoms with Gasteiger partial charge in [0.2, 0.25) is 0 Å². The van der Waals surface area contributed by atoms with Crippen LogP contribution in [0.2, 0.25) is 0 Å². The fourth-order valence-corrected chi connectivity index (χ4v) is 3.35. The highest BCUT2D eigenvalue weighted by Crippen LogP contribution is 2.22. The molecule has 0 saturated carbocycles. The maximum absolute atomic E-state index is 12.3. The first-order chi connectivity index (χ1) is 14.1. The average Bonchev–Trinajstić information content (AvgIpc) is 2.67. The Morgan fingerprint density at radius 2 is 1.17 bits per heavy atom. The van der Waals surface area contributed by atoms with Gasteiger partial charge >= 0.3 is 0 Å². The van der Waals surface area contributed by atoms with Crippen molar-refractivity contribution in [2.75, 3.05) is 0 Å². The molecule has 1 aliphatic carbocycles. The van der Waals surface area contributed by atoms with Gasteiger partial charge < -0.3 is 0 Å². The largest absolute Gasteiger partial charge is 0.290 e. The molecule has 2 nitrogen and oxygen atoms in total. The zero-order valence-electron chi connectivity index (χ0n) is 20.2. The number of carbonyl (C=O) groups is 2. The summed E-state index contributed by atoms with van der Waals surface area (Å²) in [5, 5.41) is 0. The van der Waals surface area contributed by atoms with Crippen molar-refractivity contribution in [3.05, 3.63) is 69.4 Å². The monoisotopic (exact) mass is 408 g/mol. The number of hydrogen-bond acceptors (Lipinski definition) is 2. The van der Waals surface area contributed by atoms with Gasteiger partial charge in [0, 0.05) is 16.7 Å². The van der Waals surface area contributed by atoms with E-state index in [1.165, 1.54) is 28.4 Å². The third kappa shape index (κ3) is 9.52. The molecule has 0 amide bonds. The van der Waals surface area contributed by atoms with Crippen LogP contribution < -0.4 is 0 Å². The minimum absolute atomic E-state index is 0.0103. The standard InChI is InChI=1S/C28H40O2/c1-20(2)11-8-12-21(3)13-9-14-22(4)15-10-16-23(5)17-18-26-19-27(29)24(6)25(7)28(26)30/h11,13,15,17,19H,8-10,12,14,16,18H2,1-7H3/b21-13+,22-15+,23-17+. The Morgan fingerprint density at radius 1 is 0.700 bits per heavy atom. The van der Waals surface area contributed by atoms with Gasteiger partial charge in [-0.3, -0.25) is 9.59 Å². The summed E-state index contributed by atoms with van der Waals surface area (Å²) in [4.78, 5) is 24.2. The van der Waals surface area contributed by atoms with Crippen molar-refractivity contribution >= 4 is 11.6 Å². The molecular formula is C28H40O2. The Hall–Kier alpha value is -2.22. The van der Waals surface area contributed by atoms with E-state index in [1.54, 1.807) is 13.8 Å². The normalized spacial score (nSPS) is 16.2. The summed E-state index contributed by atoms with van der Waals surface area (Å²) in [7, 11) is 0. The molecule has 0 atom stereocenters. The van der Waals surface area contributed by atoms with Gasteiger partial charge in [-0.05, 0) is 99.5 Å². The highest BCUT2D eigenvalue weighted by atomic mass is 16.1. The fraction of sp³-hybridized carbons (Fsp3) is 0.500. The van der Waals surface area contributed by atoms with Crippen LogP contribution in [0.1, 0.15) is 93.4 Å². The number of ketones is 2. The zero-order valence-corrected chi connectivity index (χ0v) is 20.2. The third-order valence-electron chi connectivity index (χ3n) is 5.69. The predicted molar refractivity (Wildman–Crippen MR) is 129 cm³/mol. The molecule has 0 N–H and O–H groups in total. The van der Waals surface area contributed by atoms with E-state index in [0.29, 0.717) is 23.1 Å². The van der Waals surface area contributed by atoms with Gasteiger partial charge in [0.25, 0.3) is 0 Å². The minimum atomic E-state index is -0.0343. The van der Waals surface area contributed by atoms with Crippen LogP contribution >= 0.6 is 0 Å². The maximum Gasteiger partial charge on any atom is 0.185 e. The van der Waals surface area contributed by atoms with Crippen LogP contribution in [0.4, 0.5) is 0 Å². The van der Waals surface area contributed by atoms with Crippen molar-refractivity contribution in [3.8, 4) is 0 Å². The molecule has 164 valence electrons. The number of rotatable bonds is 11. The molecule has 0 bridgehead atoms. The second-order valence-electron chi connectivity index (χ2n) is 8.87. The van der Waals surface area contributed by atoms with Crippen molar-refractivity contribution in [1.29, 1.82) is 0 Å². The van der Waals surface area contributed by atoms with Crippen LogP contribution in [0.15, 0.2) is 69.4 Å². The van der Waals surface area contributed by atoms with E-state index in [9.17, 15) is 9.59 Å². The van der Waals surface area contributed by atoms with Gasteiger partial charge in [0.15, 0.2) is 11.6 Å². The van der Waals surface area contributed by atoms with Crippen LogP contribution in [-0.4, -0.2) is 11.6 Å². The summed E-state index contributed by atoms with van der Waals surface area (Å²) in [5.74, 6) is -0.0240. The Labute approximate surface area is 184 Å². The van der Waals surface area contributed by atoms with E-state index in [4.69, 9.17) is 0 Å². The molecule has 0 aromatic rings. The molecular weight excluding hydrogens is 368 g/mol. The maximum atomic E-state index is 12.3. The van der Waals surface area contributed by atoms with E-state index in [2.05, 4.69) is 58.9 Å². The smallest absolute Gasteiger partial charge is 0.185 e. The second kappa shape index (κ2) is 13.2. The third-order valence-corrected chi connectivity index (χ3v) is 5.69. The first-order valence-electron chi connectivity index (χ1n) is 11.2. The lowest BCUT2D eigenvalue weighted by Crippen LogP contribution is -2.16. The van der Waals surface area contributed by atoms with Gasteiger partial charge in [-0.1, -0.05) is 46.6 Å². The summed E-state index contributed by atoms with van der Waals surface area (Å²) in [6.45, 7) is 14.3. The van der Waals surface area contributed by atoms with Gasteiger partial charge in [-0.25, -0.2) is 0 Å². The fourth-order valence-electron chi connectivity index (χ4n) is 3.35. The second-order valence-corrected chi connectivity index (χ2v) is 8.87. The highest BCUT2D eigenvalue weighted by molar-refractivity contribution is 6.22. The van der Waals surface area contributed by atoms with Crippen LogP contribution in [-0.2, 0) is 9.59 Å². The van der Waals surface area contributed by atoms with Crippen molar-refractivity contribution in [2.24, 2.45) is 0 Å². The summed E-state index contributed by atoms with van der Waals surface area (Å²) in [6.07, 6.45) is 17.6. The van der Waals surface area contributed by atoms with Crippen molar-refractivity contribution < 1.29 is 9.59 Å². The van der Waals surface area contributed by atoms with E-state index in [-0.39, 0.29) is 11.6 Å². The molecule has 0 aromatic heterocycles. The van der Waals surface area contributed by atoms with Crippen molar-refractivity contribution in [3.63, 3.8) is 0 Å². The zero-order chi connectivity index (χ0) is 22.7. The summed E-state index contributed by atoms with van der Waals surface area (Å²) >= 11 is 0. The molecule has 0 saturated heterocycles. The first kappa shape index (κ1) is 25.8. The molecule has 0 spiro atoms. The number of carbonyl (C=O) groups excluding carboxylic acids is 2. The Balaban J connectivity index is 2.40. The summed E-state index contributed by atoms with van der Waals surface area (Å²) in [6, 6.07) is 0. The Kier molecular flexibility index (Phi) is 11.3. The SMILES string of the molecule is CC(C)=CCC/C(C)=C/CC/C(C)=C/CC/C(C)=C/CC1=CC(=O)C(C)=C(C)C1=O. The molecule has 0 heterocycles. The van der Waals surface area contributed by atoms with Crippen LogP contribution in [0, 0.1) is 0 Å². The van der Waals surface area contributed by atoms with Crippen LogP contribution in [0.3, 0.4) is 0 Å². The summed E-state index contributed by atoms with van der Waals surface area (Å²) < 4.78 is 0. The number of Topliss-reactive ketones (excluding diaryl/α,β-unsaturated/α-hetero) is 1. The van der Waals surface area contributed by atoms with Crippen LogP contribution in [0.25, 0.3) is 0 Å². The number of hydrogen-bond donors (Lipinski definition) is 0. The van der Waals surface area contributed by atoms with Crippen LogP contribution in [0.5, 0.6) is 0 Å². The Morgan fingerprint density at radius 3 is 1.67 bits per heavy atom. The van der Waals surface area contributed by atoms with Gasteiger partial charge in [0.05, 0.1) is 0 Å². The van der Waals surface area contributed by atoms with Crippen molar-refractivity contribution in [1.82, 2.24) is 0 Å². The molecule has 0 fully saturated rings. The molecule has 2 heteroatoms. The molecule has 1 aliphatic rings. The van der Waals surface area contributed by atoms with E-state index >= 15 is 0 Å². The van der Waals surface area contributed by atoms with Gasteiger partial charge in [-0.2, -0.15) is 0 Å². The highest BCUT2D eigenvalue weighted by Gasteiger charge is 2.21. The molecule has 1 rings (SSSR count). The van der Waals surface area contributed by atoms with E-state index < -0.39 is 0 Å². The molecule has 0 unspecified atom stereocenters. The molecule has 0 aromatic carbocycles. The topological polar surface area (TPSA) is 34.1 Å². The van der Waals surface area contributed by atoms with E-state index in [1.807, 2.05) is 0 Å².